The van der Waals surface area contributed by atoms with E-state index in [0.29, 0.717) is 30.3 Å². The van der Waals surface area contributed by atoms with Gasteiger partial charge in [-0.1, -0.05) is 17.7 Å². The lowest BCUT2D eigenvalue weighted by Gasteiger charge is -2.11. The molecule has 1 N–H and O–H groups in total. The number of halogens is 1. The van der Waals surface area contributed by atoms with Gasteiger partial charge in [-0.2, -0.15) is 0 Å². The Morgan fingerprint density at radius 3 is 2.40 bits per heavy atom. The van der Waals surface area contributed by atoms with E-state index >= 15 is 0 Å². The van der Waals surface area contributed by atoms with Crippen molar-refractivity contribution in [2.45, 2.75) is 25.2 Å². The third kappa shape index (κ3) is 2.91. The van der Waals surface area contributed by atoms with E-state index in [4.69, 9.17) is 4.42 Å². The first-order chi connectivity index (χ1) is 12.1. The topological polar surface area (TPSA) is 68.0 Å². The van der Waals surface area contributed by atoms with Crippen LogP contribution in [0.2, 0.25) is 0 Å². The van der Waals surface area contributed by atoms with Crippen LogP contribution in [0, 0.1) is 12.7 Å². The van der Waals surface area contributed by atoms with Crippen LogP contribution in [0.3, 0.4) is 0 Å². The standard InChI is InChI=1S/C19H16FN3O2/c1-12-2-4-13(5-3-12)16-22-23-18(25-16)19(10-11-19)17(24)21-15-8-6-14(20)7-9-15/h2-9H,10-11H2,1H3,(H,21,24). The summed E-state index contributed by atoms with van der Waals surface area (Å²) >= 11 is 0. The molecule has 1 amide bonds. The fourth-order valence-electron chi connectivity index (χ4n) is 2.68. The first kappa shape index (κ1) is 15.5. The molecule has 126 valence electrons. The summed E-state index contributed by atoms with van der Waals surface area (Å²) in [5, 5.41) is 11.0. The molecule has 1 saturated carbocycles. The summed E-state index contributed by atoms with van der Waals surface area (Å²) in [6.07, 6.45) is 1.30. The normalized spacial score (nSPS) is 15.0. The van der Waals surface area contributed by atoms with Gasteiger partial charge in [-0.3, -0.25) is 4.79 Å². The minimum atomic E-state index is -0.787. The predicted molar refractivity (Wildman–Crippen MR) is 90.4 cm³/mol. The highest BCUT2D eigenvalue weighted by Gasteiger charge is 2.56. The second kappa shape index (κ2) is 5.81. The molecule has 0 radical (unpaired) electrons. The maximum Gasteiger partial charge on any atom is 0.247 e. The molecule has 1 aliphatic rings. The van der Waals surface area contributed by atoms with Crippen LogP contribution in [0.4, 0.5) is 10.1 Å². The molecule has 6 heteroatoms. The molecule has 0 aliphatic heterocycles. The number of hydrogen-bond acceptors (Lipinski definition) is 4. The van der Waals surface area contributed by atoms with Crippen molar-refractivity contribution in [1.29, 1.82) is 0 Å². The van der Waals surface area contributed by atoms with Crippen LogP contribution in [0.15, 0.2) is 52.9 Å². The zero-order chi connectivity index (χ0) is 17.4. The Bertz CT molecular complexity index is 913. The smallest absolute Gasteiger partial charge is 0.247 e. The number of rotatable bonds is 4. The van der Waals surface area contributed by atoms with E-state index in [9.17, 15) is 9.18 Å². The van der Waals surface area contributed by atoms with Gasteiger partial charge < -0.3 is 9.73 Å². The monoisotopic (exact) mass is 337 g/mol. The van der Waals surface area contributed by atoms with E-state index < -0.39 is 5.41 Å². The van der Waals surface area contributed by atoms with Gasteiger partial charge in [-0.05, 0) is 56.2 Å². The Labute approximate surface area is 143 Å². The number of carbonyl (C=O) groups is 1. The molecule has 0 atom stereocenters. The summed E-state index contributed by atoms with van der Waals surface area (Å²) in [6, 6.07) is 13.4. The highest BCUT2D eigenvalue weighted by molar-refractivity contribution is 6.00. The number of benzene rings is 2. The number of carbonyl (C=O) groups excluding carboxylic acids is 1. The molecule has 25 heavy (non-hydrogen) atoms. The van der Waals surface area contributed by atoms with Crippen molar-refractivity contribution >= 4 is 11.6 Å². The van der Waals surface area contributed by atoms with Gasteiger partial charge >= 0.3 is 0 Å². The van der Waals surface area contributed by atoms with Gasteiger partial charge in [0.25, 0.3) is 0 Å². The number of anilines is 1. The quantitative estimate of drug-likeness (QED) is 0.785. The second-order valence-corrected chi connectivity index (χ2v) is 6.32. The minimum Gasteiger partial charge on any atom is -0.420 e. The average Bonchev–Trinajstić information content (AvgIpc) is 3.28. The molecule has 0 saturated heterocycles. The largest absolute Gasteiger partial charge is 0.420 e. The molecule has 1 fully saturated rings. The van der Waals surface area contributed by atoms with Crippen molar-refractivity contribution in [2.24, 2.45) is 0 Å². The number of nitrogens with zero attached hydrogens (tertiary/aromatic N) is 2. The number of amides is 1. The van der Waals surface area contributed by atoms with Crippen LogP contribution < -0.4 is 5.32 Å². The number of aryl methyl sites for hydroxylation is 1. The van der Waals surface area contributed by atoms with Crippen LogP contribution in [-0.2, 0) is 10.2 Å². The Morgan fingerprint density at radius 1 is 1.08 bits per heavy atom. The molecule has 3 aromatic rings. The molecule has 0 unspecified atom stereocenters. The van der Waals surface area contributed by atoms with Crippen LogP contribution >= 0.6 is 0 Å². The Morgan fingerprint density at radius 2 is 1.76 bits per heavy atom. The van der Waals surface area contributed by atoms with Crippen LogP contribution in [0.25, 0.3) is 11.5 Å². The van der Waals surface area contributed by atoms with Gasteiger partial charge in [0, 0.05) is 11.3 Å². The van der Waals surface area contributed by atoms with E-state index in [0.717, 1.165) is 11.1 Å². The molecule has 2 aromatic carbocycles. The molecular weight excluding hydrogens is 321 g/mol. The van der Waals surface area contributed by atoms with Gasteiger partial charge in [0.15, 0.2) is 0 Å². The van der Waals surface area contributed by atoms with Gasteiger partial charge in [0.1, 0.15) is 11.2 Å². The van der Waals surface area contributed by atoms with Crippen molar-refractivity contribution in [3.05, 3.63) is 65.8 Å². The van der Waals surface area contributed by atoms with Gasteiger partial charge in [-0.25, -0.2) is 4.39 Å². The third-order valence-electron chi connectivity index (χ3n) is 4.42. The highest BCUT2D eigenvalue weighted by Crippen LogP contribution is 2.48. The molecule has 0 bridgehead atoms. The molecule has 1 heterocycles. The van der Waals surface area contributed by atoms with Crippen LogP contribution in [0.1, 0.15) is 24.3 Å². The van der Waals surface area contributed by atoms with Gasteiger partial charge in [0.05, 0.1) is 0 Å². The summed E-state index contributed by atoms with van der Waals surface area (Å²) < 4.78 is 18.8. The number of aromatic nitrogens is 2. The maximum absolute atomic E-state index is 13.0. The summed E-state index contributed by atoms with van der Waals surface area (Å²) in [5.74, 6) is 0.163. The van der Waals surface area contributed by atoms with E-state index in [1.54, 1.807) is 0 Å². The fraction of sp³-hybridized carbons (Fsp3) is 0.211. The summed E-state index contributed by atoms with van der Waals surface area (Å²) in [6.45, 7) is 2.00. The Kier molecular flexibility index (Phi) is 3.60. The van der Waals surface area contributed by atoms with E-state index in [1.807, 2.05) is 31.2 Å². The van der Waals surface area contributed by atoms with Gasteiger partial charge in [0.2, 0.25) is 17.7 Å². The Hall–Kier alpha value is -3.02. The maximum atomic E-state index is 13.0. The fourth-order valence-corrected chi connectivity index (χ4v) is 2.68. The summed E-state index contributed by atoms with van der Waals surface area (Å²) in [7, 11) is 0. The van der Waals surface area contributed by atoms with E-state index in [2.05, 4.69) is 15.5 Å². The number of hydrogen-bond donors (Lipinski definition) is 1. The second-order valence-electron chi connectivity index (χ2n) is 6.32. The molecule has 1 aliphatic carbocycles. The number of nitrogens with one attached hydrogen (secondary N) is 1. The SMILES string of the molecule is Cc1ccc(-c2nnc(C3(C(=O)Nc4ccc(F)cc4)CC3)o2)cc1. The molecule has 5 nitrogen and oxygen atoms in total. The van der Waals surface area contributed by atoms with Crippen molar-refractivity contribution in [3.63, 3.8) is 0 Å². The van der Waals surface area contributed by atoms with Crippen molar-refractivity contribution in [2.75, 3.05) is 5.32 Å². The predicted octanol–water partition coefficient (Wildman–Crippen LogP) is 3.85. The lowest BCUT2D eigenvalue weighted by atomic mass is 10.1. The third-order valence-corrected chi connectivity index (χ3v) is 4.42. The van der Waals surface area contributed by atoms with Gasteiger partial charge in [-0.15, -0.1) is 10.2 Å². The highest BCUT2D eigenvalue weighted by atomic mass is 19.1. The first-order valence-electron chi connectivity index (χ1n) is 8.05. The van der Waals surface area contributed by atoms with E-state index in [-0.39, 0.29) is 11.7 Å². The molecule has 1 aromatic heterocycles. The van der Waals surface area contributed by atoms with Crippen molar-refractivity contribution in [1.82, 2.24) is 10.2 Å². The average molecular weight is 337 g/mol. The zero-order valence-corrected chi connectivity index (χ0v) is 13.6. The van der Waals surface area contributed by atoms with E-state index in [1.165, 1.54) is 24.3 Å². The molecule has 4 rings (SSSR count). The molecular formula is C19H16FN3O2. The first-order valence-corrected chi connectivity index (χ1v) is 8.05. The zero-order valence-electron chi connectivity index (χ0n) is 13.6. The Balaban J connectivity index is 1.55. The summed E-state index contributed by atoms with van der Waals surface area (Å²) in [4.78, 5) is 12.6. The lowest BCUT2D eigenvalue weighted by Crippen LogP contribution is -2.28. The van der Waals surface area contributed by atoms with Crippen LogP contribution in [0.5, 0.6) is 0 Å². The lowest BCUT2D eigenvalue weighted by molar-refractivity contribution is -0.119. The molecule has 0 spiro atoms. The minimum absolute atomic E-state index is 0.210. The summed E-state index contributed by atoms with van der Waals surface area (Å²) in [5.41, 5.74) is 1.71. The van der Waals surface area contributed by atoms with Crippen molar-refractivity contribution < 1.29 is 13.6 Å². The van der Waals surface area contributed by atoms with Crippen molar-refractivity contribution in [3.8, 4) is 11.5 Å². The van der Waals surface area contributed by atoms with Crippen LogP contribution in [-0.4, -0.2) is 16.1 Å².